The number of aromatic nitrogens is 1. The molecule has 2 aromatic rings. The van der Waals surface area contributed by atoms with Crippen molar-refractivity contribution in [3.8, 4) is 0 Å². The second-order valence-corrected chi connectivity index (χ2v) is 8.40. The van der Waals surface area contributed by atoms with Gasteiger partial charge in [0.05, 0.1) is 0 Å². The molecule has 0 radical (unpaired) electrons. The Balaban J connectivity index is 0.00000104. The number of aryl methyl sites for hydroxylation is 1. The zero-order valence-corrected chi connectivity index (χ0v) is 19.0. The van der Waals surface area contributed by atoms with Crippen LogP contribution in [0.15, 0.2) is 18.2 Å². The van der Waals surface area contributed by atoms with Crippen molar-refractivity contribution in [2.75, 3.05) is 26.8 Å². The van der Waals surface area contributed by atoms with Crippen LogP contribution in [0, 0.1) is 11.8 Å². The number of rotatable bonds is 4. The van der Waals surface area contributed by atoms with Crippen molar-refractivity contribution < 1.29 is 11.0 Å². The summed E-state index contributed by atoms with van der Waals surface area (Å²) in [6.45, 7) is 8.75. The lowest BCUT2D eigenvalue weighted by Gasteiger charge is -2.33. The second-order valence-electron chi connectivity index (χ2n) is 8.40. The zero-order chi connectivity index (χ0) is 21.0. The summed E-state index contributed by atoms with van der Waals surface area (Å²) in [5.41, 5.74) is 5.05. The van der Waals surface area contributed by atoms with Gasteiger partial charge in [0.2, 0.25) is 0 Å². The van der Waals surface area contributed by atoms with E-state index < -0.39 is 0 Å². The highest BCUT2D eigenvalue weighted by molar-refractivity contribution is 5.99. The van der Waals surface area contributed by atoms with E-state index in [2.05, 4.69) is 30.7 Å². The van der Waals surface area contributed by atoms with Gasteiger partial charge in [-0.05, 0) is 74.1 Å². The van der Waals surface area contributed by atoms with E-state index in [1.54, 1.807) is 0 Å². The highest BCUT2D eigenvalue weighted by atomic mass is 16.5. The number of carbonyl (C=O) groups is 1. The van der Waals surface area contributed by atoms with E-state index in [1.807, 2.05) is 31.9 Å². The summed E-state index contributed by atoms with van der Waals surface area (Å²) >= 11 is 0. The van der Waals surface area contributed by atoms with E-state index in [4.69, 9.17) is 4.74 Å². The normalized spacial score (nSPS) is 19.4. The van der Waals surface area contributed by atoms with Crippen LogP contribution in [0.25, 0.3) is 10.9 Å². The van der Waals surface area contributed by atoms with Crippen molar-refractivity contribution in [2.45, 2.75) is 59.3 Å². The Hall–Kier alpha value is -1.81. The first kappa shape index (κ1) is 21.9. The van der Waals surface area contributed by atoms with E-state index in [1.165, 1.54) is 41.4 Å². The molecule has 0 spiro atoms. The Morgan fingerprint density at radius 3 is 2.62 bits per heavy atom. The molecule has 1 saturated heterocycles. The molecule has 1 unspecified atom stereocenters. The summed E-state index contributed by atoms with van der Waals surface area (Å²) in [7, 11) is 4.08. The van der Waals surface area contributed by atoms with E-state index in [0.29, 0.717) is 0 Å². The molecule has 29 heavy (non-hydrogen) atoms. The molecule has 1 amide bonds. The molecular formula is C25H40N2O2. The van der Waals surface area contributed by atoms with Crippen LogP contribution >= 0.6 is 0 Å². The molecule has 2 heterocycles. The van der Waals surface area contributed by atoms with Gasteiger partial charge in [-0.15, -0.1) is 0 Å². The molecule has 1 atom stereocenters. The molecule has 4 heteroatoms. The topological polar surface area (TPSA) is 34.5 Å². The number of hydrogen-bond donors (Lipinski definition) is 0. The lowest BCUT2D eigenvalue weighted by atomic mass is 9.75. The van der Waals surface area contributed by atoms with E-state index in [9.17, 15) is 4.79 Å². The predicted octanol–water partition coefficient (Wildman–Crippen LogP) is 5.46. The summed E-state index contributed by atoms with van der Waals surface area (Å²) < 4.78 is 7.93. The minimum Gasteiger partial charge on any atom is -0.381 e. The molecule has 0 bridgehead atoms. The first-order valence-corrected chi connectivity index (χ1v) is 11.5. The molecule has 0 saturated carbocycles. The zero-order valence-electron chi connectivity index (χ0n) is 19.0. The van der Waals surface area contributed by atoms with Gasteiger partial charge < -0.3 is 14.2 Å². The fourth-order valence-electron chi connectivity index (χ4n) is 5.19. The van der Waals surface area contributed by atoms with Gasteiger partial charge in [0.1, 0.15) is 0 Å². The minimum absolute atomic E-state index is 0. The van der Waals surface area contributed by atoms with Crippen LogP contribution in [-0.2, 0) is 24.6 Å². The smallest absolute Gasteiger partial charge is 0.253 e. The highest BCUT2D eigenvalue weighted by Gasteiger charge is 2.30. The minimum atomic E-state index is 0. The first-order valence-electron chi connectivity index (χ1n) is 11.5. The second kappa shape index (κ2) is 9.80. The highest BCUT2D eigenvalue weighted by Crippen LogP contribution is 2.39. The average molecular weight is 401 g/mol. The summed E-state index contributed by atoms with van der Waals surface area (Å²) in [6, 6.07) is 6.29. The summed E-state index contributed by atoms with van der Waals surface area (Å²) in [5.74, 6) is 1.69. The fraction of sp³-hybridized carbons (Fsp3) is 0.640. The maximum atomic E-state index is 12.8. The molecule has 2 aliphatic rings. The van der Waals surface area contributed by atoms with Gasteiger partial charge >= 0.3 is 0 Å². The molecular weight excluding hydrogens is 360 g/mol. The van der Waals surface area contributed by atoms with Crippen molar-refractivity contribution in [1.82, 2.24) is 9.47 Å². The van der Waals surface area contributed by atoms with Crippen LogP contribution in [0.1, 0.15) is 69.5 Å². The van der Waals surface area contributed by atoms with Crippen molar-refractivity contribution >= 4 is 16.8 Å². The molecule has 162 valence electrons. The Labute approximate surface area is 177 Å². The van der Waals surface area contributed by atoms with Gasteiger partial charge in [-0.3, -0.25) is 4.79 Å². The number of benzene rings is 1. The maximum absolute atomic E-state index is 12.8. The number of hydrogen-bond acceptors (Lipinski definition) is 2. The summed E-state index contributed by atoms with van der Waals surface area (Å²) in [5, 5.41) is 1.29. The maximum Gasteiger partial charge on any atom is 0.253 e. The van der Waals surface area contributed by atoms with Crippen LogP contribution in [0.4, 0.5) is 0 Å². The number of fused-ring (bicyclic) bond motifs is 3. The Bertz CT molecular complexity index is 839. The third-order valence-corrected chi connectivity index (χ3v) is 6.74. The molecule has 4 rings (SSSR count). The lowest BCUT2D eigenvalue weighted by molar-refractivity contribution is 0.0439. The Morgan fingerprint density at radius 1 is 1.21 bits per heavy atom. The van der Waals surface area contributed by atoms with Crippen molar-refractivity contribution in [1.29, 1.82) is 0 Å². The van der Waals surface area contributed by atoms with E-state index >= 15 is 0 Å². The largest absolute Gasteiger partial charge is 0.381 e. The molecule has 1 fully saturated rings. The molecule has 1 aromatic carbocycles. The number of ether oxygens (including phenoxy) is 1. The van der Waals surface area contributed by atoms with Crippen LogP contribution < -0.4 is 0 Å². The van der Waals surface area contributed by atoms with E-state index in [-0.39, 0.29) is 7.33 Å². The SMILES string of the molecule is CC.CCCN(C)C(=O)c1ccc2c(c1)c1c(n2C)CCC(C2CCOCC2)C1.[HH]. The summed E-state index contributed by atoms with van der Waals surface area (Å²) in [6.07, 6.45) is 6.98. The van der Waals surface area contributed by atoms with Gasteiger partial charge in [-0.1, -0.05) is 20.8 Å². The third-order valence-electron chi connectivity index (χ3n) is 6.74. The predicted molar refractivity (Wildman–Crippen MR) is 123 cm³/mol. The van der Waals surface area contributed by atoms with Gasteiger partial charge in [0.15, 0.2) is 0 Å². The number of amides is 1. The summed E-state index contributed by atoms with van der Waals surface area (Å²) in [4.78, 5) is 14.6. The Morgan fingerprint density at radius 2 is 1.93 bits per heavy atom. The van der Waals surface area contributed by atoms with E-state index in [0.717, 1.165) is 56.4 Å². The van der Waals surface area contributed by atoms with Crippen LogP contribution in [0.5, 0.6) is 0 Å². The van der Waals surface area contributed by atoms with Crippen LogP contribution in [-0.4, -0.2) is 42.2 Å². The molecule has 1 aliphatic carbocycles. The van der Waals surface area contributed by atoms with Crippen molar-refractivity contribution in [3.63, 3.8) is 0 Å². The van der Waals surface area contributed by atoms with Crippen molar-refractivity contribution in [2.24, 2.45) is 18.9 Å². The number of nitrogens with zero attached hydrogens (tertiary/aromatic N) is 2. The quantitative estimate of drug-likeness (QED) is 0.682. The Kier molecular flexibility index (Phi) is 7.39. The first-order chi connectivity index (χ1) is 14.1. The molecule has 1 aliphatic heterocycles. The van der Waals surface area contributed by atoms with Gasteiger partial charge in [0, 0.05) is 57.4 Å². The average Bonchev–Trinajstić information content (AvgIpc) is 3.06. The molecule has 1 aromatic heterocycles. The van der Waals surface area contributed by atoms with Crippen LogP contribution in [0.3, 0.4) is 0 Å². The molecule has 0 N–H and O–H groups in total. The van der Waals surface area contributed by atoms with Gasteiger partial charge in [-0.25, -0.2) is 0 Å². The standard InChI is InChI=1S/C23H32N2O2.C2H6.H2/c1-4-11-24(2)23(26)18-6-8-22-20(15-18)19-14-17(5-7-21(19)25(22)3)16-9-12-27-13-10-16;1-2;/h6,8,15-17H,4-5,7,9-14H2,1-3H3;1-2H3;1H. The lowest BCUT2D eigenvalue weighted by Crippen LogP contribution is -2.28. The molecule has 4 nitrogen and oxygen atoms in total. The van der Waals surface area contributed by atoms with Crippen LogP contribution in [0.2, 0.25) is 0 Å². The van der Waals surface area contributed by atoms with Gasteiger partial charge in [0.25, 0.3) is 5.91 Å². The van der Waals surface area contributed by atoms with Gasteiger partial charge in [-0.2, -0.15) is 0 Å². The monoisotopic (exact) mass is 400 g/mol. The third kappa shape index (κ3) is 4.37. The fourth-order valence-corrected chi connectivity index (χ4v) is 5.19. The van der Waals surface area contributed by atoms with Crippen molar-refractivity contribution in [3.05, 3.63) is 35.0 Å². The number of carbonyl (C=O) groups excluding carboxylic acids is 1.